The van der Waals surface area contributed by atoms with Crippen LogP contribution in [0.2, 0.25) is 18.1 Å². The fraction of sp³-hybridized carbons (Fsp3) is 0.632. The Balaban J connectivity index is 3.40. The van der Waals surface area contributed by atoms with Crippen molar-refractivity contribution < 1.29 is 22.3 Å². The van der Waals surface area contributed by atoms with Crippen LogP contribution >= 0.6 is 0 Å². The minimum absolute atomic E-state index is 0.0595. The number of allylic oxidation sites excluding steroid dienone is 1. The lowest BCUT2D eigenvalue weighted by molar-refractivity contribution is -0.144. The molecule has 4 nitrogen and oxygen atoms in total. The van der Waals surface area contributed by atoms with Gasteiger partial charge in [-0.3, -0.25) is 4.79 Å². The highest BCUT2D eigenvalue weighted by molar-refractivity contribution is 6.74. The minimum Gasteiger partial charge on any atom is -0.543 e. The minimum atomic E-state index is -4.64. The first-order valence-electron chi connectivity index (χ1n) is 8.91. The maximum Gasteiger partial charge on any atom is 0.431 e. The second kappa shape index (κ2) is 8.64. The molecule has 0 fully saturated rings. The van der Waals surface area contributed by atoms with Crippen molar-refractivity contribution in [3.05, 3.63) is 39.8 Å². The summed E-state index contributed by atoms with van der Waals surface area (Å²) >= 11 is 0. The molecule has 154 valence electrons. The van der Waals surface area contributed by atoms with Crippen molar-refractivity contribution in [2.45, 2.75) is 65.0 Å². The predicted octanol–water partition coefficient (Wildman–Crippen LogP) is 5.29. The van der Waals surface area contributed by atoms with Crippen LogP contribution in [-0.4, -0.2) is 26.6 Å². The van der Waals surface area contributed by atoms with E-state index < -0.39 is 25.7 Å². The van der Waals surface area contributed by atoms with Gasteiger partial charge < -0.3 is 13.7 Å². The van der Waals surface area contributed by atoms with Gasteiger partial charge in [0, 0.05) is 31.9 Å². The van der Waals surface area contributed by atoms with Crippen molar-refractivity contribution in [3.63, 3.8) is 0 Å². The standard InChI is InChI=1S/C19H30F3NO3Si/c1-8-15(26-27(6,7)18(2,3)4)14-12-16(19(20,21)22)23(17(24)13-14)10-9-11-25-5/h8,12-13H,9-11H2,1-7H3/b15-8+. The molecule has 0 aliphatic rings. The second-order valence-corrected chi connectivity index (χ2v) is 12.7. The molecule has 0 aliphatic heterocycles. The molecule has 0 saturated heterocycles. The molecule has 0 amide bonds. The number of rotatable bonds is 7. The van der Waals surface area contributed by atoms with E-state index in [-0.39, 0.29) is 23.8 Å². The Bertz CT molecular complexity index is 731. The Kier molecular flexibility index (Phi) is 7.52. The number of ether oxygens (including phenoxy) is 1. The van der Waals surface area contributed by atoms with Crippen molar-refractivity contribution in [1.29, 1.82) is 0 Å². The van der Waals surface area contributed by atoms with Crippen LogP contribution in [0, 0.1) is 0 Å². The molecule has 0 unspecified atom stereocenters. The summed E-state index contributed by atoms with van der Waals surface area (Å²) in [5.41, 5.74) is -1.52. The average Bonchev–Trinajstić information content (AvgIpc) is 2.51. The molecular formula is C19H30F3NO3Si. The zero-order chi connectivity index (χ0) is 21.0. The molecule has 27 heavy (non-hydrogen) atoms. The Morgan fingerprint density at radius 3 is 2.26 bits per heavy atom. The molecule has 0 aromatic carbocycles. The van der Waals surface area contributed by atoms with Crippen LogP contribution in [0.15, 0.2) is 23.0 Å². The Morgan fingerprint density at radius 2 is 1.81 bits per heavy atom. The lowest BCUT2D eigenvalue weighted by Gasteiger charge is -2.37. The van der Waals surface area contributed by atoms with Gasteiger partial charge in [0.15, 0.2) is 0 Å². The van der Waals surface area contributed by atoms with Crippen LogP contribution in [0.5, 0.6) is 0 Å². The zero-order valence-electron chi connectivity index (χ0n) is 17.2. The first-order chi connectivity index (χ1) is 12.2. The molecule has 0 N–H and O–H groups in total. The van der Waals surface area contributed by atoms with E-state index in [1.807, 2.05) is 33.9 Å². The lowest BCUT2D eigenvalue weighted by atomic mass is 10.1. The van der Waals surface area contributed by atoms with Crippen molar-refractivity contribution in [1.82, 2.24) is 4.57 Å². The number of nitrogens with zero attached hydrogens (tertiary/aromatic N) is 1. The third kappa shape index (κ3) is 5.97. The highest BCUT2D eigenvalue weighted by Gasteiger charge is 2.40. The van der Waals surface area contributed by atoms with Gasteiger partial charge in [-0.1, -0.05) is 20.8 Å². The van der Waals surface area contributed by atoms with E-state index in [4.69, 9.17) is 9.16 Å². The first-order valence-corrected chi connectivity index (χ1v) is 11.8. The third-order valence-corrected chi connectivity index (χ3v) is 9.21. The smallest absolute Gasteiger partial charge is 0.431 e. The Hall–Kier alpha value is -1.54. The van der Waals surface area contributed by atoms with Crippen LogP contribution in [-0.2, 0) is 21.9 Å². The molecule has 1 rings (SSSR count). The van der Waals surface area contributed by atoms with E-state index in [1.165, 1.54) is 13.2 Å². The van der Waals surface area contributed by atoms with E-state index in [0.717, 1.165) is 10.6 Å². The Morgan fingerprint density at radius 1 is 1.22 bits per heavy atom. The van der Waals surface area contributed by atoms with Crippen molar-refractivity contribution in [3.8, 4) is 0 Å². The summed E-state index contributed by atoms with van der Waals surface area (Å²) in [7, 11) is -0.801. The van der Waals surface area contributed by atoms with Gasteiger partial charge in [-0.25, -0.2) is 0 Å². The van der Waals surface area contributed by atoms with E-state index in [2.05, 4.69) is 0 Å². The molecule has 0 aliphatic carbocycles. The largest absolute Gasteiger partial charge is 0.543 e. The highest BCUT2D eigenvalue weighted by atomic mass is 28.4. The van der Waals surface area contributed by atoms with Gasteiger partial charge in [0.2, 0.25) is 8.32 Å². The van der Waals surface area contributed by atoms with E-state index in [0.29, 0.717) is 12.2 Å². The summed E-state index contributed by atoms with van der Waals surface area (Å²) in [5, 5.41) is -0.122. The lowest BCUT2D eigenvalue weighted by Crippen LogP contribution is -2.40. The maximum absolute atomic E-state index is 13.6. The SMILES string of the molecule is C/C=C(/O[Si](C)(C)C(C)(C)C)c1cc(C(F)(F)F)n(CCCOC)c(=O)c1. The second-order valence-electron chi connectivity index (χ2n) is 7.98. The topological polar surface area (TPSA) is 40.5 Å². The van der Waals surface area contributed by atoms with Gasteiger partial charge in [0.1, 0.15) is 11.5 Å². The summed E-state index contributed by atoms with van der Waals surface area (Å²) < 4.78 is 52.5. The normalized spacial score (nSPS) is 13.8. The number of hydrogen-bond acceptors (Lipinski definition) is 3. The molecular weight excluding hydrogens is 375 g/mol. The van der Waals surface area contributed by atoms with Gasteiger partial charge in [0.25, 0.3) is 5.56 Å². The van der Waals surface area contributed by atoms with Gasteiger partial charge in [0.05, 0.1) is 0 Å². The summed E-state index contributed by atoms with van der Waals surface area (Å²) in [4.78, 5) is 12.4. The quantitative estimate of drug-likeness (QED) is 0.352. The van der Waals surface area contributed by atoms with Gasteiger partial charge in [-0.05, 0) is 43.6 Å². The molecule has 8 heteroatoms. The number of hydrogen-bond donors (Lipinski definition) is 0. The third-order valence-electron chi connectivity index (χ3n) is 4.87. The Labute approximate surface area is 160 Å². The maximum atomic E-state index is 13.6. The van der Waals surface area contributed by atoms with E-state index in [9.17, 15) is 18.0 Å². The molecule has 0 radical (unpaired) electrons. The average molecular weight is 406 g/mol. The van der Waals surface area contributed by atoms with Crippen LogP contribution in [0.1, 0.15) is 45.4 Å². The van der Waals surface area contributed by atoms with E-state index >= 15 is 0 Å². The molecule has 0 spiro atoms. The number of methoxy groups -OCH3 is 1. The van der Waals surface area contributed by atoms with Crippen LogP contribution in [0.4, 0.5) is 13.2 Å². The first kappa shape index (κ1) is 23.5. The molecule has 0 bridgehead atoms. The molecule has 0 saturated carbocycles. The van der Waals surface area contributed by atoms with Crippen molar-refractivity contribution in [2.24, 2.45) is 0 Å². The van der Waals surface area contributed by atoms with Gasteiger partial charge >= 0.3 is 6.18 Å². The fourth-order valence-electron chi connectivity index (χ4n) is 2.28. The highest BCUT2D eigenvalue weighted by Crippen LogP contribution is 2.40. The molecule has 0 atom stereocenters. The number of halogens is 3. The van der Waals surface area contributed by atoms with Crippen molar-refractivity contribution >= 4 is 14.1 Å². The molecule has 1 aromatic heterocycles. The van der Waals surface area contributed by atoms with Gasteiger partial charge in [-0.2, -0.15) is 13.2 Å². The molecule has 1 heterocycles. The molecule has 1 aromatic rings. The van der Waals surface area contributed by atoms with Crippen LogP contribution in [0.3, 0.4) is 0 Å². The van der Waals surface area contributed by atoms with Gasteiger partial charge in [-0.15, -0.1) is 0 Å². The van der Waals surface area contributed by atoms with E-state index in [1.54, 1.807) is 13.0 Å². The van der Waals surface area contributed by atoms with Crippen LogP contribution < -0.4 is 5.56 Å². The summed E-state index contributed by atoms with van der Waals surface area (Å²) in [6.07, 6.45) is -2.71. The predicted molar refractivity (Wildman–Crippen MR) is 104 cm³/mol. The summed E-state index contributed by atoms with van der Waals surface area (Å²) in [6.45, 7) is 12.1. The number of alkyl halides is 3. The fourth-order valence-corrected chi connectivity index (χ4v) is 3.38. The zero-order valence-corrected chi connectivity index (χ0v) is 18.2. The summed E-state index contributed by atoms with van der Waals surface area (Å²) in [5.74, 6) is 0.313. The number of aromatic nitrogens is 1. The monoisotopic (exact) mass is 405 g/mol. The number of pyridine rings is 1. The summed E-state index contributed by atoms with van der Waals surface area (Å²) in [6, 6.07) is 2.21. The van der Waals surface area contributed by atoms with Crippen molar-refractivity contribution in [2.75, 3.05) is 13.7 Å². The van der Waals surface area contributed by atoms with Crippen LogP contribution in [0.25, 0.3) is 5.76 Å².